The van der Waals surface area contributed by atoms with E-state index in [0.717, 1.165) is 25.1 Å². The third kappa shape index (κ3) is 2.13. The van der Waals surface area contributed by atoms with Gasteiger partial charge in [0.1, 0.15) is 0 Å². The van der Waals surface area contributed by atoms with Crippen molar-refractivity contribution in [2.24, 2.45) is 0 Å². The Labute approximate surface area is 96.8 Å². The van der Waals surface area contributed by atoms with E-state index in [1.807, 2.05) is 12.1 Å². The largest absolute Gasteiger partial charge is 0.316 e. The SMILES string of the molecule is CCCNCC1CS(=O)(=O)c2ccccc21. The van der Waals surface area contributed by atoms with Gasteiger partial charge in [-0.3, -0.25) is 0 Å². The van der Waals surface area contributed by atoms with E-state index in [1.54, 1.807) is 12.1 Å². The third-order valence-corrected chi connectivity index (χ3v) is 4.82. The Balaban J connectivity index is 2.20. The fraction of sp³-hybridized carbons (Fsp3) is 0.500. The minimum atomic E-state index is -3.03. The van der Waals surface area contributed by atoms with Gasteiger partial charge in [-0.2, -0.15) is 0 Å². The van der Waals surface area contributed by atoms with E-state index in [2.05, 4.69) is 12.2 Å². The molecule has 0 bridgehead atoms. The fourth-order valence-corrected chi connectivity index (χ4v) is 4.05. The number of hydrogen-bond donors (Lipinski definition) is 1. The molecule has 1 aromatic carbocycles. The Bertz CT molecular complexity index is 468. The lowest BCUT2D eigenvalue weighted by molar-refractivity contribution is 0.587. The summed E-state index contributed by atoms with van der Waals surface area (Å²) in [5.41, 5.74) is 0.978. The molecule has 1 aromatic rings. The van der Waals surface area contributed by atoms with Gasteiger partial charge in [0.15, 0.2) is 9.84 Å². The van der Waals surface area contributed by atoms with Crippen LogP contribution in [0, 0.1) is 0 Å². The summed E-state index contributed by atoms with van der Waals surface area (Å²) in [5, 5.41) is 3.29. The molecule has 3 nitrogen and oxygen atoms in total. The monoisotopic (exact) mass is 239 g/mol. The van der Waals surface area contributed by atoms with E-state index >= 15 is 0 Å². The molecule has 1 heterocycles. The molecule has 4 heteroatoms. The normalized spacial score (nSPS) is 21.9. The maximum atomic E-state index is 11.9. The Hall–Kier alpha value is -0.870. The van der Waals surface area contributed by atoms with Crippen LogP contribution in [0.25, 0.3) is 0 Å². The molecule has 0 saturated carbocycles. The zero-order valence-electron chi connectivity index (χ0n) is 9.44. The summed E-state index contributed by atoms with van der Waals surface area (Å²) in [6.07, 6.45) is 1.07. The number of sulfone groups is 1. The molecule has 0 aromatic heterocycles. The van der Waals surface area contributed by atoms with Gasteiger partial charge in [0.25, 0.3) is 0 Å². The lowest BCUT2D eigenvalue weighted by Crippen LogP contribution is -2.23. The van der Waals surface area contributed by atoms with Crippen molar-refractivity contribution in [1.82, 2.24) is 5.32 Å². The molecule has 0 spiro atoms. The molecule has 0 radical (unpaired) electrons. The quantitative estimate of drug-likeness (QED) is 0.811. The molecule has 0 aliphatic carbocycles. The minimum absolute atomic E-state index is 0.118. The average molecular weight is 239 g/mol. The second-order valence-electron chi connectivity index (χ2n) is 4.22. The van der Waals surface area contributed by atoms with Crippen LogP contribution < -0.4 is 5.32 Å². The zero-order chi connectivity index (χ0) is 11.6. The number of rotatable bonds is 4. The van der Waals surface area contributed by atoms with Gasteiger partial charge >= 0.3 is 0 Å². The van der Waals surface area contributed by atoms with Crippen LogP contribution >= 0.6 is 0 Å². The molecule has 1 N–H and O–H groups in total. The summed E-state index contributed by atoms with van der Waals surface area (Å²) in [6, 6.07) is 7.34. The van der Waals surface area contributed by atoms with Gasteiger partial charge in [0.05, 0.1) is 10.6 Å². The maximum Gasteiger partial charge on any atom is 0.179 e. The first kappa shape index (κ1) is 11.6. The molecule has 2 rings (SSSR count). The predicted octanol–water partition coefficient (Wildman–Crippen LogP) is 1.56. The van der Waals surface area contributed by atoms with Crippen molar-refractivity contribution in [1.29, 1.82) is 0 Å². The first-order valence-corrected chi connectivity index (χ1v) is 7.33. The summed E-state index contributed by atoms with van der Waals surface area (Å²) in [4.78, 5) is 0.526. The van der Waals surface area contributed by atoms with Crippen LogP contribution in [-0.4, -0.2) is 27.3 Å². The average Bonchev–Trinajstić information content (AvgIpc) is 2.52. The Morgan fingerprint density at radius 1 is 1.38 bits per heavy atom. The molecular weight excluding hydrogens is 222 g/mol. The van der Waals surface area contributed by atoms with E-state index in [4.69, 9.17) is 0 Å². The minimum Gasteiger partial charge on any atom is -0.316 e. The van der Waals surface area contributed by atoms with Crippen LogP contribution in [-0.2, 0) is 9.84 Å². The van der Waals surface area contributed by atoms with E-state index in [0.29, 0.717) is 4.90 Å². The third-order valence-electron chi connectivity index (χ3n) is 2.93. The molecular formula is C12H17NO2S. The van der Waals surface area contributed by atoms with Crippen molar-refractivity contribution in [3.05, 3.63) is 29.8 Å². The lowest BCUT2D eigenvalue weighted by atomic mass is 10.0. The van der Waals surface area contributed by atoms with Crippen LogP contribution in [0.5, 0.6) is 0 Å². The molecule has 1 atom stereocenters. The van der Waals surface area contributed by atoms with Crippen LogP contribution in [0.3, 0.4) is 0 Å². The highest BCUT2D eigenvalue weighted by Crippen LogP contribution is 2.34. The van der Waals surface area contributed by atoms with Crippen LogP contribution in [0.2, 0.25) is 0 Å². The molecule has 0 saturated heterocycles. The van der Waals surface area contributed by atoms with Crippen molar-refractivity contribution in [2.75, 3.05) is 18.8 Å². The van der Waals surface area contributed by atoms with Crippen molar-refractivity contribution >= 4 is 9.84 Å². The van der Waals surface area contributed by atoms with Gasteiger partial charge in [0, 0.05) is 12.5 Å². The van der Waals surface area contributed by atoms with Gasteiger partial charge < -0.3 is 5.32 Å². The Morgan fingerprint density at radius 3 is 2.88 bits per heavy atom. The topological polar surface area (TPSA) is 46.2 Å². The number of fused-ring (bicyclic) bond motifs is 1. The van der Waals surface area contributed by atoms with Gasteiger partial charge in [-0.05, 0) is 24.6 Å². The number of hydrogen-bond acceptors (Lipinski definition) is 3. The highest BCUT2D eigenvalue weighted by molar-refractivity contribution is 7.91. The van der Waals surface area contributed by atoms with E-state index in [9.17, 15) is 8.42 Å². The zero-order valence-corrected chi connectivity index (χ0v) is 10.3. The first-order chi connectivity index (χ1) is 7.65. The lowest BCUT2D eigenvalue weighted by Gasteiger charge is -2.10. The highest BCUT2D eigenvalue weighted by Gasteiger charge is 2.33. The van der Waals surface area contributed by atoms with E-state index in [1.165, 1.54) is 0 Å². The summed E-state index contributed by atoms with van der Waals surface area (Å²) >= 11 is 0. The highest BCUT2D eigenvalue weighted by atomic mass is 32.2. The Kier molecular flexibility index (Phi) is 3.30. The molecule has 0 fully saturated rings. The van der Waals surface area contributed by atoms with Crippen molar-refractivity contribution < 1.29 is 8.42 Å². The smallest absolute Gasteiger partial charge is 0.179 e. The number of benzene rings is 1. The van der Waals surface area contributed by atoms with Gasteiger partial charge in [-0.15, -0.1) is 0 Å². The van der Waals surface area contributed by atoms with E-state index < -0.39 is 9.84 Å². The molecule has 1 aliphatic heterocycles. The van der Waals surface area contributed by atoms with Gasteiger partial charge in [0.2, 0.25) is 0 Å². The number of nitrogens with one attached hydrogen (secondary N) is 1. The summed E-state index contributed by atoms with van der Waals surface area (Å²) in [7, 11) is -3.03. The van der Waals surface area contributed by atoms with Gasteiger partial charge in [-0.1, -0.05) is 25.1 Å². The van der Waals surface area contributed by atoms with Crippen molar-refractivity contribution in [2.45, 2.75) is 24.2 Å². The summed E-state index contributed by atoms with van der Waals surface area (Å²) < 4.78 is 23.7. The standard InChI is InChI=1S/C12H17NO2S/c1-2-7-13-8-10-9-16(14,15)12-6-4-3-5-11(10)12/h3-6,10,13H,2,7-9H2,1H3. The molecule has 88 valence electrons. The van der Waals surface area contributed by atoms with Gasteiger partial charge in [-0.25, -0.2) is 8.42 Å². The maximum absolute atomic E-state index is 11.9. The van der Waals surface area contributed by atoms with Crippen LogP contribution in [0.4, 0.5) is 0 Å². The van der Waals surface area contributed by atoms with Crippen molar-refractivity contribution in [3.8, 4) is 0 Å². The first-order valence-electron chi connectivity index (χ1n) is 5.67. The molecule has 1 aliphatic rings. The molecule has 0 amide bonds. The summed E-state index contributed by atoms with van der Waals surface area (Å²) in [6.45, 7) is 3.80. The van der Waals surface area contributed by atoms with Crippen LogP contribution in [0.1, 0.15) is 24.8 Å². The summed E-state index contributed by atoms with van der Waals surface area (Å²) in [5.74, 6) is 0.371. The van der Waals surface area contributed by atoms with E-state index in [-0.39, 0.29) is 11.7 Å². The Morgan fingerprint density at radius 2 is 2.12 bits per heavy atom. The predicted molar refractivity (Wildman–Crippen MR) is 64.4 cm³/mol. The second kappa shape index (κ2) is 4.55. The van der Waals surface area contributed by atoms with Crippen LogP contribution in [0.15, 0.2) is 29.2 Å². The fourth-order valence-electron chi connectivity index (χ4n) is 2.17. The van der Waals surface area contributed by atoms with Crippen molar-refractivity contribution in [3.63, 3.8) is 0 Å². The molecule has 16 heavy (non-hydrogen) atoms. The molecule has 1 unspecified atom stereocenters. The second-order valence-corrected chi connectivity index (χ2v) is 6.22.